The predicted molar refractivity (Wildman–Crippen MR) is 79.6 cm³/mol. The van der Waals surface area contributed by atoms with Crippen LogP contribution in [0, 0.1) is 5.92 Å². The molecule has 6 nitrogen and oxygen atoms in total. The lowest BCUT2D eigenvalue weighted by molar-refractivity contribution is -0.144. The number of methoxy groups -OCH3 is 1. The lowest BCUT2D eigenvalue weighted by atomic mass is 10.1. The van der Waals surface area contributed by atoms with Gasteiger partial charge in [-0.2, -0.15) is 0 Å². The number of carbonyl (C=O) groups is 2. The van der Waals surface area contributed by atoms with Crippen LogP contribution in [-0.2, 0) is 20.9 Å². The molecule has 0 unspecified atom stereocenters. The van der Waals surface area contributed by atoms with E-state index in [0.29, 0.717) is 19.6 Å². The lowest BCUT2D eigenvalue weighted by Gasteiger charge is -2.21. The van der Waals surface area contributed by atoms with E-state index in [0.717, 1.165) is 11.3 Å². The van der Waals surface area contributed by atoms with Gasteiger partial charge in [0.05, 0.1) is 19.6 Å². The topological polar surface area (TPSA) is 76.1 Å². The highest BCUT2D eigenvalue weighted by Gasteiger charge is 2.32. The van der Waals surface area contributed by atoms with Crippen molar-refractivity contribution in [2.75, 3.05) is 20.2 Å². The van der Waals surface area contributed by atoms with E-state index >= 15 is 0 Å². The first kappa shape index (κ1) is 16.3. The summed E-state index contributed by atoms with van der Waals surface area (Å²) in [6.45, 7) is 2.74. The molecule has 1 heterocycles. The predicted octanol–water partition coefficient (Wildman–Crippen LogP) is 1.53. The van der Waals surface area contributed by atoms with E-state index in [4.69, 9.17) is 14.6 Å². The number of carboxylic acid groups (broad SMARTS) is 1. The van der Waals surface area contributed by atoms with Gasteiger partial charge in [-0.05, 0) is 31.0 Å². The summed E-state index contributed by atoms with van der Waals surface area (Å²) < 4.78 is 10.7. The van der Waals surface area contributed by atoms with Crippen molar-refractivity contribution in [2.24, 2.45) is 5.92 Å². The summed E-state index contributed by atoms with van der Waals surface area (Å²) in [6.07, 6.45) is -0.0947. The van der Waals surface area contributed by atoms with Crippen LogP contribution in [0.3, 0.4) is 0 Å². The summed E-state index contributed by atoms with van der Waals surface area (Å²) in [6, 6.07) is 7.46. The standard InChI is InChI=1S/C16H21NO5/c1-11(15(18)17-7-6-13(9-17)16(19)20)22-10-12-4-3-5-14(8-12)21-2/h3-5,8,11,13H,6-7,9-10H2,1-2H3,(H,19,20)/t11-,13-/m0/s1. The molecule has 1 aliphatic rings. The molecular formula is C16H21NO5. The van der Waals surface area contributed by atoms with E-state index in [-0.39, 0.29) is 12.5 Å². The number of hydrogen-bond donors (Lipinski definition) is 1. The second-order valence-electron chi connectivity index (χ2n) is 5.41. The Morgan fingerprint density at radius 1 is 1.45 bits per heavy atom. The summed E-state index contributed by atoms with van der Waals surface area (Å²) in [7, 11) is 1.60. The zero-order valence-electron chi connectivity index (χ0n) is 12.8. The molecule has 6 heteroatoms. The third kappa shape index (κ3) is 3.98. The minimum atomic E-state index is -0.847. The lowest BCUT2D eigenvalue weighted by Crippen LogP contribution is -2.38. The number of likely N-dealkylation sites (tertiary alicyclic amines) is 1. The molecule has 2 rings (SSSR count). The smallest absolute Gasteiger partial charge is 0.308 e. The number of amides is 1. The van der Waals surface area contributed by atoms with Crippen molar-refractivity contribution in [1.82, 2.24) is 4.90 Å². The minimum Gasteiger partial charge on any atom is -0.497 e. The highest BCUT2D eigenvalue weighted by atomic mass is 16.5. The molecule has 0 bridgehead atoms. The Bertz CT molecular complexity index is 545. The van der Waals surface area contributed by atoms with Crippen LogP contribution in [0.2, 0.25) is 0 Å². The Kier molecular flexibility index (Phi) is 5.38. The molecule has 1 N–H and O–H groups in total. The van der Waals surface area contributed by atoms with Gasteiger partial charge in [-0.25, -0.2) is 0 Å². The average Bonchev–Trinajstić information content (AvgIpc) is 3.02. The van der Waals surface area contributed by atoms with Gasteiger partial charge in [0.25, 0.3) is 5.91 Å². The maximum atomic E-state index is 12.2. The van der Waals surface area contributed by atoms with Crippen molar-refractivity contribution in [3.63, 3.8) is 0 Å². The monoisotopic (exact) mass is 307 g/mol. The van der Waals surface area contributed by atoms with Crippen LogP contribution in [0.15, 0.2) is 24.3 Å². The fourth-order valence-corrected chi connectivity index (χ4v) is 2.47. The normalized spacial score (nSPS) is 19.0. The number of ether oxygens (including phenoxy) is 2. The third-order valence-corrected chi connectivity index (χ3v) is 3.83. The van der Waals surface area contributed by atoms with Crippen LogP contribution in [0.4, 0.5) is 0 Å². The van der Waals surface area contributed by atoms with Gasteiger partial charge in [0.15, 0.2) is 0 Å². The highest BCUT2D eigenvalue weighted by molar-refractivity contribution is 5.82. The van der Waals surface area contributed by atoms with Gasteiger partial charge in [0, 0.05) is 13.1 Å². The zero-order valence-corrected chi connectivity index (χ0v) is 12.8. The van der Waals surface area contributed by atoms with Crippen molar-refractivity contribution < 1.29 is 24.2 Å². The molecule has 1 saturated heterocycles. The van der Waals surface area contributed by atoms with Gasteiger partial charge in [0.1, 0.15) is 11.9 Å². The number of carbonyl (C=O) groups excluding carboxylic acids is 1. The van der Waals surface area contributed by atoms with Gasteiger partial charge in [-0.15, -0.1) is 0 Å². The van der Waals surface area contributed by atoms with E-state index in [1.54, 1.807) is 18.9 Å². The Morgan fingerprint density at radius 2 is 2.23 bits per heavy atom. The molecule has 0 aromatic heterocycles. The van der Waals surface area contributed by atoms with Gasteiger partial charge in [0.2, 0.25) is 0 Å². The Balaban J connectivity index is 1.85. The second kappa shape index (κ2) is 7.26. The quantitative estimate of drug-likeness (QED) is 0.862. The number of hydrogen-bond acceptors (Lipinski definition) is 4. The maximum absolute atomic E-state index is 12.2. The average molecular weight is 307 g/mol. The molecule has 120 valence electrons. The number of benzene rings is 1. The van der Waals surface area contributed by atoms with Crippen molar-refractivity contribution >= 4 is 11.9 Å². The van der Waals surface area contributed by atoms with E-state index in [9.17, 15) is 9.59 Å². The van der Waals surface area contributed by atoms with Crippen LogP contribution < -0.4 is 4.74 Å². The van der Waals surface area contributed by atoms with Crippen LogP contribution in [0.5, 0.6) is 5.75 Å². The molecule has 1 amide bonds. The molecule has 1 aliphatic heterocycles. The number of carboxylic acids is 1. The minimum absolute atomic E-state index is 0.161. The molecule has 0 aliphatic carbocycles. The Morgan fingerprint density at radius 3 is 2.86 bits per heavy atom. The van der Waals surface area contributed by atoms with Crippen LogP contribution in [-0.4, -0.2) is 48.2 Å². The Labute approximate surface area is 129 Å². The van der Waals surface area contributed by atoms with Crippen molar-refractivity contribution in [1.29, 1.82) is 0 Å². The molecule has 1 aromatic carbocycles. The largest absolute Gasteiger partial charge is 0.497 e. The molecular weight excluding hydrogens is 286 g/mol. The van der Waals surface area contributed by atoms with Crippen LogP contribution >= 0.6 is 0 Å². The molecule has 0 spiro atoms. The van der Waals surface area contributed by atoms with Gasteiger partial charge in [-0.1, -0.05) is 12.1 Å². The van der Waals surface area contributed by atoms with Crippen molar-refractivity contribution in [2.45, 2.75) is 26.1 Å². The number of aliphatic carboxylic acids is 1. The third-order valence-electron chi connectivity index (χ3n) is 3.83. The molecule has 2 atom stereocenters. The molecule has 1 fully saturated rings. The first-order valence-electron chi connectivity index (χ1n) is 7.27. The molecule has 0 saturated carbocycles. The van der Waals surface area contributed by atoms with E-state index < -0.39 is 18.0 Å². The summed E-state index contributed by atoms with van der Waals surface area (Å²) >= 11 is 0. The second-order valence-corrected chi connectivity index (χ2v) is 5.41. The zero-order chi connectivity index (χ0) is 16.1. The van der Waals surface area contributed by atoms with Gasteiger partial charge < -0.3 is 19.5 Å². The summed E-state index contributed by atoms with van der Waals surface area (Å²) in [4.78, 5) is 24.7. The van der Waals surface area contributed by atoms with Gasteiger partial charge >= 0.3 is 5.97 Å². The first-order valence-corrected chi connectivity index (χ1v) is 7.27. The molecule has 22 heavy (non-hydrogen) atoms. The van der Waals surface area contributed by atoms with Crippen molar-refractivity contribution in [3.8, 4) is 5.75 Å². The van der Waals surface area contributed by atoms with Crippen LogP contribution in [0.1, 0.15) is 18.9 Å². The van der Waals surface area contributed by atoms with Gasteiger partial charge in [-0.3, -0.25) is 9.59 Å². The SMILES string of the molecule is COc1cccc(CO[C@@H](C)C(=O)N2CC[C@H](C(=O)O)C2)c1. The summed E-state index contributed by atoms with van der Waals surface area (Å²) in [5, 5.41) is 8.97. The van der Waals surface area contributed by atoms with E-state index in [1.807, 2.05) is 24.3 Å². The highest BCUT2D eigenvalue weighted by Crippen LogP contribution is 2.19. The molecule has 1 aromatic rings. The van der Waals surface area contributed by atoms with E-state index in [2.05, 4.69) is 0 Å². The summed E-state index contributed by atoms with van der Waals surface area (Å²) in [5.74, 6) is -0.731. The van der Waals surface area contributed by atoms with E-state index in [1.165, 1.54) is 0 Å². The fourth-order valence-electron chi connectivity index (χ4n) is 2.47. The first-order chi connectivity index (χ1) is 10.5. The van der Waals surface area contributed by atoms with Crippen molar-refractivity contribution in [3.05, 3.63) is 29.8 Å². The Hall–Kier alpha value is -2.08. The summed E-state index contributed by atoms with van der Waals surface area (Å²) in [5.41, 5.74) is 0.920. The molecule has 0 radical (unpaired) electrons. The number of rotatable bonds is 6. The number of nitrogens with zero attached hydrogens (tertiary/aromatic N) is 1. The van der Waals surface area contributed by atoms with Crippen LogP contribution in [0.25, 0.3) is 0 Å². The maximum Gasteiger partial charge on any atom is 0.308 e. The fraction of sp³-hybridized carbons (Fsp3) is 0.500.